The van der Waals surface area contributed by atoms with E-state index >= 15 is 0 Å². The van der Waals surface area contributed by atoms with E-state index in [0.717, 1.165) is 11.3 Å². The Labute approximate surface area is 150 Å². The van der Waals surface area contributed by atoms with Crippen LogP contribution in [-0.2, 0) is 0 Å². The SMILES string of the molecule is COc1ccc(C(C)NC(=O)c2cn(-c3ccc(F)c(C)c3)nn2)cc1. The Morgan fingerprint density at radius 2 is 1.96 bits per heavy atom. The van der Waals surface area contributed by atoms with Gasteiger partial charge in [0, 0.05) is 0 Å². The van der Waals surface area contributed by atoms with E-state index < -0.39 is 0 Å². The standard InChI is InChI=1S/C19H19FN4O2/c1-12-10-15(6-9-17(12)20)24-11-18(22-23-24)19(25)21-13(2)14-4-7-16(26-3)8-5-14/h4-11,13H,1-3H3,(H,21,25). The van der Waals surface area contributed by atoms with Crippen molar-refractivity contribution in [1.29, 1.82) is 0 Å². The van der Waals surface area contributed by atoms with Gasteiger partial charge in [-0.15, -0.1) is 5.10 Å². The number of benzene rings is 2. The number of hydrogen-bond donors (Lipinski definition) is 1. The molecule has 0 bridgehead atoms. The van der Waals surface area contributed by atoms with Gasteiger partial charge in [-0.25, -0.2) is 9.07 Å². The van der Waals surface area contributed by atoms with Crippen LogP contribution in [0.4, 0.5) is 4.39 Å². The van der Waals surface area contributed by atoms with Crippen molar-refractivity contribution < 1.29 is 13.9 Å². The highest BCUT2D eigenvalue weighted by atomic mass is 19.1. The van der Waals surface area contributed by atoms with Crippen LogP contribution >= 0.6 is 0 Å². The number of aromatic nitrogens is 3. The number of halogens is 1. The number of hydrogen-bond acceptors (Lipinski definition) is 4. The van der Waals surface area contributed by atoms with Gasteiger partial charge in [0.25, 0.3) is 5.91 Å². The summed E-state index contributed by atoms with van der Waals surface area (Å²) in [6.45, 7) is 3.55. The topological polar surface area (TPSA) is 69.0 Å². The van der Waals surface area contributed by atoms with E-state index in [1.54, 1.807) is 26.2 Å². The number of carbonyl (C=O) groups excluding carboxylic acids is 1. The lowest BCUT2D eigenvalue weighted by Crippen LogP contribution is -2.26. The van der Waals surface area contributed by atoms with Crippen LogP contribution in [0.2, 0.25) is 0 Å². The van der Waals surface area contributed by atoms with Crippen molar-refractivity contribution in [2.75, 3.05) is 7.11 Å². The third-order valence-electron chi connectivity index (χ3n) is 4.10. The third-order valence-corrected chi connectivity index (χ3v) is 4.10. The van der Waals surface area contributed by atoms with Gasteiger partial charge in [-0.05, 0) is 55.3 Å². The molecule has 0 aliphatic heterocycles. The Hall–Kier alpha value is -3.22. The number of rotatable bonds is 5. The zero-order valence-corrected chi connectivity index (χ0v) is 14.7. The molecule has 3 aromatic rings. The number of ether oxygens (including phenoxy) is 1. The van der Waals surface area contributed by atoms with E-state index in [-0.39, 0.29) is 23.5 Å². The van der Waals surface area contributed by atoms with E-state index in [9.17, 15) is 9.18 Å². The van der Waals surface area contributed by atoms with Gasteiger partial charge >= 0.3 is 0 Å². The van der Waals surface area contributed by atoms with Crippen LogP contribution in [0.3, 0.4) is 0 Å². The van der Waals surface area contributed by atoms with Gasteiger partial charge in [-0.2, -0.15) is 0 Å². The highest BCUT2D eigenvalue weighted by Gasteiger charge is 2.15. The zero-order chi connectivity index (χ0) is 18.7. The first-order chi connectivity index (χ1) is 12.5. The second-order valence-electron chi connectivity index (χ2n) is 5.95. The van der Waals surface area contributed by atoms with Crippen LogP contribution in [0.5, 0.6) is 5.75 Å². The van der Waals surface area contributed by atoms with Crippen LogP contribution < -0.4 is 10.1 Å². The smallest absolute Gasteiger partial charge is 0.273 e. The van der Waals surface area contributed by atoms with Crippen LogP contribution in [0, 0.1) is 12.7 Å². The average molecular weight is 354 g/mol. The number of aryl methyl sites for hydroxylation is 1. The highest BCUT2D eigenvalue weighted by Crippen LogP contribution is 2.18. The molecule has 0 radical (unpaired) electrons. The lowest BCUT2D eigenvalue weighted by Gasteiger charge is -2.13. The van der Waals surface area contributed by atoms with Crippen LogP contribution in [-0.4, -0.2) is 28.0 Å². The summed E-state index contributed by atoms with van der Waals surface area (Å²) >= 11 is 0. The molecule has 1 unspecified atom stereocenters. The first-order valence-corrected chi connectivity index (χ1v) is 8.11. The molecule has 1 N–H and O–H groups in total. The maximum absolute atomic E-state index is 13.4. The molecule has 1 amide bonds. The molecule has 3 rings (SSSR count). The summed E-state index contributed by atoms with van der Waals surface area (Å²) in [5, 5.41) is 10.7. The van der Waals surface area contributed by atoms with Crippen molar-refractivity contribution in [2.45, 2.75) is 19.9 Å². The van der Waals surface area contributed by atoms with Crippen molar-refractivity contribution in [2.24, 2.45) is 0 Å². The molecular weight excluding hydrogens is 335 g/mol. The van der Waals surface area contributed by atoms with E-state index in [1.165, 1.54) is 16.9 Å². The maximum atomic E-state index is 13.4. The second kappa shape index (κ2) is 7.35. The summed E-state index contributed by atoms with van der Waals surface area (Å²) in [6, 6.07) is 11.8. The molecule has 1 heterocycles. The summed E-state index contributed by atoms with van der Waals surface area (Å²) in [6.07, 6.45) is 1.52. The second-order valence-corrected chi connectivity index (χ2v) is 5.95. The van der Waals surface area contributed by atoms with Crippen LogP contribution in [0.15, 0.2) is 48.7 Å². The van der Waals surface area contributed by atoms with Gasteiger partial charge in [0.2, 0.25) is 0 Å². The first kappa shape index (κ1) is 17.6. The molecule has 0 aliphatic carbocycles. The third kappa shape index (κ3) is 3.72. The minimum absolute atomic E-state index is 0.187. The predicted octanol–water partition coefficient (Wildman–Crippen LogP) is 3.21. The molecule has 0 saturated carbocycles. The lowest BCUT2D eigenvalue weighted by atomic mass is 10.1. The monoisotopic (exact) mass is 354 g/mol. The summed E-state index contributed by atoms with van der Waals surface area (Å²) in [5.41, 5.74) is 2.27. The van der Waals surface area contributed by atoms with E-state index in [4.69, 9.17) is 4.74 Å². The Balaban J connectivity index is 1.71. The fourth-order valence-corrected chi connectivity index (χ4v) is 2.51. The van der Waals surface area contributed by atoms with Crippen molar-refractivity contribution in [3.63, 3.8) is 0 Å². The lowest BCUT2D eigenvalue weighted by molar-refractivity contribution is 0.0934. The molecule has 1 atom stereocenters. The zero-order valence-electron chi connectivity index (χ0n) is 14.7. The van der Waals surface area contributed by atoms with E-state index in [0.29, 0.717) is 11.3 Å². The molecule has 0 aliphatic rings. The van der Waals surface area contributed by atoms with E-state index in [1.807, 2.05) is 31.2 Å². The molecule has 2 aromatic carbocycles. The van der Waals surface area contributed by atoms with Crippen molar-refractivity contribution >= 4 is 5.91 Å². The summed E-state index contributed by atoms with van der Waals surface area (Å²) in [5.74, 6) is 0.128. The van der Waals surface area contributed by atoms with Crippen molar-refractivity contribution in [3.05, 3.63) is 71.3 Å². The summed E-state index contributed by atoms with van der Waals surface area (Å²) in [4.78, 5) is 12.4. The molecular formula is C19H19FN4O2. The van der Waals surface area contributed by atoms with Gasteiger partial charge in [0.15, 0.2) is 5.69 Å². The van der Waals surface area contributed by atoms with Gasteiger partial charge in [0.1, 0.15) is 11.6 Å². The molecule has 134 valence electrons. The molecule has 1 aromatic heterocycles. The van der Waals surface area contributed by atoms with Crippen LogP contribution in [0.1, 0.15) is 34.6 Å². The molecule has 0 fully saturated rings. The molecule has 7 heteroatoms. The summed E-state index contributed by atoms with van der Waals surface area (Å²) < 4.78 is 20.0. The highest BCUT2D eigenvalue weighted by molar-refractivity contribution is 5.92. The Kier molecular flexibility index (Phi) is 4.97. The van der Waals surface area contributed by atoms with Crippen molar-refractivity contribution in [1.82, 2.24) is 20.3 Å². The molecule has 6 nitrogen and oxygen atoms in total. The fraction of sp³-hybridized carbons (Fsp3) is 0.211. The fourth-order valence-electron chi connectivity index (χ4n) is 2.51. The van der Waals surface area contributed by atoms with Gasteiger partial charge in [-0.1, -0.05) is 17.3 Å². The minimum atomic E-state index is -0.335. The largest absolute Gasteiger partial charge is 0.497 e. The molecule has 0 spiro atoms. The molecule has 0 saturated heterocycles. The minimum Gasteiger partial charge on any atom is -0.497 e. The van der Waals surface area contributed by atoms with Gasteiger partial charge < -0.3 is 10.1 Å². The normalized spacial score (nSPS) is 11.8. The number of nitrogens with zero attached hydrogens (tertiary/aromatic N) is 3. The quantitative estimate of drug-likeness (QED) is 0.764. The summed E-state index contributed by atoms with van der Waals surface area (Å²) in [7, 11) is 1.60. The Morgan fingerprint density at radius 3 is 2.62 bits per heavy atom. The van der Waals surface area contributed by atoms with Crippen LogP contribution in [0.25, 0.3) is 5.69 Å². The number of methoxy groups -OCH3 is 1. The first-order valence-electron chi connectivity index (χ1n) is 8.11. The average Bonchev–Trinajstić information content (AvgIpc) is 3.14. The number of nitrogens with one attached hydrogen (secondary N) is 1. The Bertz CT molecular complexity index is 922. The Morgan fingerprint density at radius 1 is 1.23 bits per heavy atom. The number of amides is 1. The predicted molar refractivity (Wildman–Crippen MR) is 94.9 cm³/mol. The van der Waals surface area contributed by atoms with E-state index in [2.05, 4.69) is 15.6 Å². The maximum Gasteiger partial charge on any atom is 0.273 e. The van der Waals surface area contributed by atoms with Gasteiger partial charge in [0.05, 0.1) is 25.0 Å². The van der Waals surface area contributed by atoms with Gasteiger partial charge in [-0.3, -0.25) is 4.79 Å². The molecule has 26 heavy (non-hydrogen) atoms. The number of carbonyl (C=O) groups is 1. The van der Waals surface area contributed by atoms with Crippen molar-refractivity contribution in [3.8, 4) is 11.4 Å².